The molecule has 2 aliphatic rings. The van der Waals surface area contributed by atoms with Gasteiger partial charge >= 0.3 is 0 Å². The van der Waals surface area contributed by atoms with Crippen LogP contribution in [0.1, 0.15) is 19.3 Å². The first-order valence-electron chi connectivity index (χ1n) is 8.83. The molecule has 0 aliphatic carbocycles. The van der Waals surface area contributed by atoms with Crippen LogP contribution in [0.5, 0.6) is 0 Å². The van der Waals surface area contributed by atoms with Crippen molar-refractivity contribution in [1.82, 2.24) is 0 Å². The summed E-state index contributed by atoms with van der Waals surface area (Å²) in [5.74, 6) is 0. The molecule has 0 spiro atoms. The van der Waals surface area contributed by atoms with E-state index in [0.717, 1.165) is 0 Å². The van der Waals surface area contributed by atoms with E-state index in [9.17, 15) is 25.5 Å². The minimum atomic E-state index is -1.22. The molecule has 154 valence electrons. The topological polar surface area (TPSA) is 147 Å². The summed E-state index contributed by atoms with van der Waals surface area (Å²) in [7, 11) is 1.59. The summed E-state index contributed by atoms with van der Waals surface area (Å²) in [6, 6.07) is 0. The zero-order valence-electron chi connectivity index (χ0n) is 14.8. The Bertz CT molecular complexity index is 397. The molecule has 8 atom stereocenters. The highest BCUT2D eigenvalue weighted by Gasteiger charge is 2.43. The molecule has 0 amide bonds. The number of aliphatic hydroxyl groups is 5. The fourth-order valence-corrected chi connectivity index (χ4v) is 3.09. The number of ether oxygens (including phenoxy) is 5. The van der Waals surface area contributed by atoms with E-state index in [-0.39, 0.29) is 12.8 Å². The van der Waals surface area contributed by atoms with Crippen molar-refractivity contribution in [3.8, 4) is 0 Å². The lowest BCUT2D eigenvalue weighted by atomic mass is 10.00. The van der Waals surface area contributed by atoms with E-state index in [1.54, 1.807) is 7.11 Å². The lowest BCUT2D eigenvalue weighted by Crippen LogP contribution is -2.56. The Morgan fingerprint density at radius 3 is 2.19 bits per heavy atom. The van der Waals surface area contributed by atoms with Crippen molar-refractivity contribution in [3.63, 3.8) is 0 Å². The summed E-state index contributed by atoms with van der Waals surface area (Å²) in [5.41, 5.74) is 0. The van der Waals surface area contributed by atoms with Crippen LogP contribution in [0.25, 0.3) is 0 Å². The highest BCUT2D eigenvalue weighted by molar-refractivity contribution is 4.87. The molecular weight excluding hydrogens is 352 g/mol. The SMILES string of the molecule is COCCCOC1CC(O)[C@H](O[C@@H]2CC(O)[C@H](O)C(CO)O2)C(CO)O1. The van der Waals surface area contributed by atoms with Crippen molar-refractivity contribution >= 4 is 0 Å². The third-order valence-electron chi connectivity index (χ3n) is 4.51. The van der Waals surface area contributed by atoms with Gasteiger partial charge in [0.15, 0.2) is 12.6 Å². The zero-order chi connectivity index (χ0) is 19.1. The summed E-state index contributed by atoms with van der Waals surface area (Å²) < 4.78 is 27.2. The van der Waals surface area contributed by atoms with Gasteiger partial charge in [-0.25, -0.2) is 0 Å². The van der Waals surface area contributed by atoms with Gasteiger partial charge in [0.1, 0.15) is 24.4 Å². The minimum Gasteiger partial charge on any atom is -0.394 e. The lowest BCUT2D eigenvalue weighted by molar-refractivity contribution is -0.320. The summed E-state index contributed by atoms with van der Waals surface area (Å²) in [5, 5.41) is 48.8. The number of hydrogen-bond donors (Lipinski definition) is 5. The molecular formula is C16H30O10. The molecule has 0 radical (unpaired) electrons. The Labute approximate surface area is 152 Å². The smallest absolute Gasteiger partial charge is 0.161 e. The predicted molar refractivity (Wildman–Crippen MR) is 86.1 cm³/mol. The minimum absolute atomic E-state index is 0.0318. The maximum atomic E-state index is 10.4. The van der Waals surface area contributed by atoms with Gasteiger partial charge in [0.25, 0.3) is 0 Å². The maximum Gasteiger partial charge on any atom is 0.161 e. The van der Waals surface area contributed by atoms with E-state index in [1.807, 2.05) is 0 Å². The first-order chi connectivity index (χ1) is 12.5. The summed E-state index contributed by atoms with van der Waals surface area (Å²) >= 11 is 0. The number of hydrogen-bond acceptors (Lipinski definition) is 10. The van der Waals surface area contributed by atoms with Gasteiger partial charge in [0.05, 0.1) is 32.0 Å². The maximum absolute atomic E-state index is 10.4. The van der Waals surface area contributed by atoms with Crippen molar-refractivity contribution in [3.05, 3.63) is 0 Å². The van der Waals surface area contributed by atoms with Crippen LogP contribution in [0.2, 0.25) is 0 Å². The van der Waals surface area contributed by atoms with Crippen LogP contribution in [0, 0.1) is 0 Å². The Kier molecular flexibility index (Phi) is 9.10. The van der Waals surface area contributed by atoms with Crippen molar-refractivity contribution < 1.29 is 49.2 Å². The van der Waals surface area contributed by atoms with Crippen molar-refractivity contribution in [1.29, 1.82) is 0 Å². The first-order valence-corrected chi connectivity index (χ1v) is 8.83. The molecule has 0 bridgehead atoms. The molecule has 0 saturated carbocycles. The van der Waals surface area contributed by atoms with Crippen LogP contribution in [-0.2, 0) is 23.7 Å². The number of methoxy groups -OCH3 is 1. The molecule has 26 heavy (non-hydrogen) atoms. The average molecular weight is 382 g/mol. The summed E-state index contributed by atoms with van der Waals surface area (Å²) in [4.78, 5) is 0. The van der Waals surface area contributed by atoms with Crippen LogP contribution in [-0.4, -0.2) is 108 Å². The average Bonchev–Trinajstić information content (AvgIpc) is 2.63. The molecule has 5 unspecified atom stereocenters. The van der Waals surface area contributed by atoms with Crippen LogP contribution in [0.3, 0.4) is 0 Å². The molecule has 2 fully saturated rings. The van der Waals surface area contributed by atoms with Crippen molar-refractivity contribution in [2.75, 3.05) is 33.5 Å². The monoisotopic (exact) mass is 382 g/mol. The van der Waals surface area contributed by atoms with Gasteiger partial charge in [-0.15, -0.1) is 0 Å². The molecule has 0 aromatic carbocycles. The van der Waals surface area contributed by atoms with Gasteiger partial charge in [-0.05, 0) is 6.42 Å². The molecule has 2 saturated heterocycles. The van der Waals surface area contributed by atoms with E-state index in [2.05, 4.69) is 0 Å². The van der Waals surface area contributed by atoms with Crippen LogP contribution in [0.4, 0.5) is 0 Å². The van der Waals surface area contributed by atoms with E-state index < -0.39 is 62.4 Å². The standard InChI is InChI=1S/C16H30O10/c1-22-3-2-4-23-13-6-10(20)16(12(8-18)25-13)26-14-5-9(19)15(21)11(7-17)24-14/h9-21H,2-8H2,1H3/t9?,10?,11?,12?,13?,14-,15+,16+/m1/s1. The van der Waals surface area contributed by atoms with Crippen LogP contribution < -0.4 is 0 Å². The lowest BCUT2D eigenvalue weighted by Gasteiger charge is -2.42. The van der Waals surface area contributed by atoms with Gasteiger partial charge < -0.3 is 49.2 Å². The summed E-state index contributed by atoms with van der Waals surface area (Å²) in [6.45, 7) is 0.0517. The van der Waals surface area contributed by atoms with E-state index in [4.69, 9.17) is 23.7 Å². The van der Waals surface area contributed by atoms with Crippen molar-refractivity contribution in [2.45, 2.75) is 68.5 Å². The Morgan fingerprint density at radius 2 is 1.54 bits per heavy atom. The van der Waals surface area contributed by atoms with Gasteiger partial charge in [-0.2, -0.15) is 0 Å². The van der Waals surface area contributed by atoms with E-state index in [0.29, 0.717) is 19.6 Å². The first kappa shape index (κ1) is 21.9. The third kappa shape index (κ3) is 5.80. The second-order valence-corrected chi connectivity index (χ2v) is 6.49. The molecule has 2 rings (SSSR count). The molecule has 0 aromatic heterocycles. The Balaban J connectivity index is 1.88. The normalized spacial score (nSPS) is 41.3. The third-order valence-corrected chi connectivity index (χ3v) is 4.51. The molecule has 10 heteroatoms. The van der Waals surface area contributed by atoms with Gasteiger partial charge in [0.2, 0.25) is 0 Å². The largest absolute Gasteiger partial charge is 0.394 e. The second kappa shape index (κ2) is 10.8. The van der Waals surface area contributed by atoms with E-state index >= 15 is 0 Å². The Morgan fingerprint density at radius 1 is 0.885 bits per heavy atom. The van der Waals surface area contributed by atoms with Gasteiger partial charge in [-0.3, -0.25) is 0 Å². The molecule has 2 aliphatic heterocycles. The number of aliphatic hydroxyl groups excluding tert-OH is 5. The van der Waals surface area contributed by atoms with Crippen LogP contribution in [0.15, 0.2) is 0 Å². The summed E-state index contributed by atoms with van der Waals surface area (Å²) in [6.07, 6.45) is -6.89. The highest BCUT2D eigenvalue weighted by Crippen LogP contribution is 2.28. The molecule has 0 aromatic rings. The second-order valence-electron chi connectivity index (χ2n) is 6.49. The van der Waals surface area contributed by atoms with Gasteiger partial charge in [0, 0.05) is 26.6 Å². The van der Waals surface area contributed by atoms with E-state index in [1.165, 1.54) is 0 Å². The predicted octanol–water partition coefficient (Wildman–Crippen LogP) is -2.28. The fourth-order valence-electron chi connectivity index (χ4n) is 3.09. The molecule has 2 heterocycles. The highest BCUT2D eigenvalue weighted by atomic mass is 16.7. The fraction of sp³-hybridized carbons (Fsp3) is 1.00. The molecule has 10 nitrogen and oxygen atoms in total. The molecule has 5 N–H and O–H groups in total. The quantitative estimate of drug-likeness (QED) is 0.276. The van der Waals surface area contributed by atoms with Crippen molar-refractivity contribution in [2.24, 2.45) is 0 Å². The van der Waals surface area contributed by atoms with Crippen LogP contribution >= 0.6 is 0 Å². The van der Waals surface area contributed by atoms with Gasteiger partial charge in [-0.1, -0.05) is 0 Å². The number of rotatable bonds is 9. The Hall–Kier alpha value is -0.400. The zero-order valence-corrected chi connectivity index (χ0v) is 14.8.